The summed E-state index contributed by atoms with van der Waals surface area (Å²) in [4.78, 5) is 14.1. The Balaban J connectivity index is 1.65. The molecular weight excluding hydrogens is 418 g/mol. The van der Waals surface area contributed by atoms with Gasteiger partial charge in [0.15, 0.2) is 9.84 Å². The zero-order valence-electron chi connectivity index (χ0n) is 15.0. The molecule has 1 heterocycles. The minimum atomic E-state index is -3.08. The van der Waals surface area contributed by atoms with Crippen molar-refractivity contribution in [1.29, 1.82) is 0 Å². The van der Waals surface area contributed by atoms with Crippen molar-refractivity contribution in [3.05, 3.63) is 70.6 Å². The highest BCUT2D eigenvalue weighted by Crippen LogP contribution is 2.29. The first-order chi connectivity index (χ1) is 13.3. The highest BCUT2D eigenvalue weighted by atomic mass is 35.5. The lowest BCUT2D eigenvalue weighted by Crippen LogP contribution is -2.12. The van der Waals surface area contributed by atoms with Crippen molar-refractivity contribution in [2.45, 2.75) is 0 Å². The third-order valence-corrected chi connectivity index (χ3v) is 6.07. The van der Waals surface area contributed by atoms with Crippen LogP contribution in [0.2, 0.25) is 5.02 Å². The maximum atomic E-state index is 12.5. The molecule has 1 aromatic heterocycles. The quantitative estimate of drug-likeness (QED) is 0.581. The Morgan fingerprint density at radius 1 is 1.11 bits per heavy atom. The van der Waals surface area contributed by atoms with E-state index in [1.165, 1.54) is 11.3 Å². The molecule has 1 amide bonds. The van der Waals surface area contributed by atoms with E-state index < -0.39 is 9.84 Å². The predicted molar refractivity (Wildman–Crippen MR) is 114 cm³/mol. The summed E-state index contributed by atoms with van der Waals surface area (Å²) in [5.41, 5.74) is 1.57. The highest BCUT2D eigenvalue weighted by Gasteiger charge is 2.11. The van der Waals surface area contributed by atoms with Gasteiger partial charge in [-0.2, -0.15) is 0 Å². The second-order valence-electron chi connectivity index (χ2n) is 6.13. The van der Waals surface area contributed by atoms with Crippen LogP contribution in [-0.4, -0.2) is 32.9 Å². The van der Waals surface area contributed by atoms with E-state index in [0.29, 0.717) is 21.3 Å². The number of rotatable bonds is 7. The predicted octanol–water partition coefficient (Wildman–Crippen LogP) is 4.74. The summed E-state index contributed by atoms with van der Waals surface area (Å²) < 4.78 is 27.8. The van der Waals surface area contributed by atoms with Gasteiger partial charge < -0.3 is 10.1 Å². The molecule has 0 aliphatic carbocycles. The van der Waals surface area contributed by atoms with Gasteiger partial charge in [-0.1, -0.05) is 29.8 Å². The van der Waals surface area contributed by atoms with E-state index in [4.69, 9.17) is 16.3 Å². The van der Waals surface area contributed by atoms with Gasteiger partial charge in [0.05, 0.1) is 10.6 Å². The molecule has 2 aromatic carbocycles. The molecule has 8 heteroatoms. The number of carbonyl (C=O) groups excluding carboxylic acids is 1. The average molecular weight is 436 g/mol. The van der Waals surface area contributed by atoms with E-state index >= 15 is 0 Å². The molecule has 146 valence electrons. The second kappa shape index (κ2) is 8.77. The molecule has 0 unspecified atom stereocenters. The fraction of sp³-hybridized carbons (Fsp3) is 0.150. The number of anilines is 1. The van der Waals surface area contributed by atoms with Gasteiger partial charge in [0, 0.05) is 27.9 Å². The normalized spacial score (nSPS) is 11.2. The van der Waals surface area contributed by atoms with Crippen molar-refractivity contribution >= 4 is 44.4 Å². The van der Waals surface area contributed by atoms with Crippen LogP contribution in [0.3, 0.4) is 0 Å². The number of thiophene rings is 1. The molecule has 28 heavy (non-hydrogen) atoms. The molecule has 1 N–H and O–H groups in total. The number of hydrogen-bond acceptors (Lipinski definition) is 5. The van der Waals surface area contributed by atoms with Crippen molar-refractivity contribution in [3.63, 3.8) is 0 Å². The van der Waals surface area contributed by atoms with Crippen molar-refractivity contribution in [1.82, 2.24) is 0 Å². The number of carbonyl (C=O) groups is 1. The number of amides is 1. The van der Waals surface area contributed by atoms with Crippen molar-refractivity contribution < 1.29 is 17.9 Å². The summed E-state index contributed by atoms with van der Waals surface area (Å²) in [6, 6.07) is 18.0. The standard InChI is InChI=1S/C20H18ClNO4S2/c1-28(24,25)12-11-26-17-4-2-3-16(13-17)22-20(23)19-10-9-18(27-19)14-5-7-15(21)8-6-14/h2-10,13H,11-12H2,1H3,(H,22,23). The Morgan fingerprint density at radius 3 is 2.57 bits per heavy atom. The maximum absolute atomic E-state index is 12.5. The smallest absolute Gasteiger partial charge is 0.265 e. The van der Waals surface area contributed by atoms with Crippen LogP contribution in [0.1, 0.15) is 9.67 Å². The van der Waals surface area contributed by atoms with E-state index in [1.54, 1.807) is 30.3 Å². The van der Waals surface area contributed by atoms with Gasteiger partial charge >= 0.3 is 0 Å². The van der Waals surface area contributed by atoms with Crippen LogP contribution in [0.15, 0.2) is 60.7 Å². The first kappa shape index (κ1) is 20.4. The van der Waals surface area contributed by atoms with Crippen molar-refractivity contribution in [2.24, 2.45) is 0 Å². The Hall–Kier alpha value is -2.35. The number of benzene rings is 2. The molecule has 0 spiro atoms. The molecule has 0 saturated carbocycles. The summed E-state index contributed by atoms with van der Waals surface area (Å²) in [7, 11) is -3.08. The summed E-state index contributed by atoms with van der Waals surface area (Å²) in [5.74, 6) is 0.208. The molecule has 3 rings (SSSR count). The highest BCUT2D eigenvalue weighted by molar-refractivity contribution is 7.90. The summed E-state index contributed by atoms with van der Waals surface area (Å²) >= 11 is 7.30. The van der Waals surface area contributed by atoms with Gasteiger partial charge in [0.2, 0.25) is 0 Å². The van der Waals surface area contributed by atoms with Gasteiger partial charge in [0.25, 0.3) is 5.91 Å². The maximum Gasteiger partial charge on any atom is 0.265 e. The number of nitrogens with one attached hydrogen (secondary N) is 1. The SMILES string of the molecule is CS(=O)(=O)CCOc1cccc(NC(=O)c2ccc(-c3ccc(Cl)cc3)s2)c1. The molecule has 0 radical (unpaired) electrons. The summed E-state index contributed by atoms with van der Waals surface area (Å²) in [6.45, 7) is 0.0611. The van der Waals surface area contributed by atoms with E-state index in [0.717, 1.165) is 16.7 Å². The van der Waals surface area contributed by atoms with Gasteiger partial charge in [-0.15, -0.1) is 11.3 Å². The fourth-order valence-electron chi connectivity index (χ4n) is 2.40. The van der Waals surface area contributed by atoms with Crippen LogP contribution in [-0.2, 0) is 9.84 Å². The molecule has 0 aliphatic rings. The summed E-state index contributed by atoms with van der Waals surface area (Å²) in [5, 5.41) is 3.50. The third kappa shape index (κ3) is 5.82. The van der Waals surface area contributed by atoms with E-state index in [9.17, 15) is 13.2 Å². The Labute approximate surface area is 172 Å². The van der Waals surface area contributed by atoms with Gasteiger partial charge in [0.1, 0.15) is 12.4 Å². The van der Waals surface area contributed by atoms with Crippen LogP contribution in [0.4, 0.5) is 5.69 Å². The zero-order chi connectivity index (χ0) is 20.1. The average Bonchev–Trinajstić information content (AvgIpc) is 3.12. The molecule has 0 fully saturated rings. The van der Waals surface area contributed by atoms with Crippen molar-refractivity contribution in [2.75, 3.05) is 23.9 Å². The van der Waals surface area contributed by atoms with Crippen LogP contribution in [0, 0.1) is 0 Å². The number of ether oxygens (including phenoxy) is 1. The number of sulfone groups is 1. The summed E-state index contributed by atoms with van der Waals surface area (Å²) in [6.07, 6.45) is 1.16. The molecule has 0 saturated heterocycles. The first-order valence-electron chi connectivity index (χ1n) is 8.38. The molecule has 0 atom stereocenters. The number of hydrogen-bond donors (Lipinski definition) is 1. The van der Waals surface area contributed by atoms with E-state index in [2.05, 4.69) is 5.32 Å². The lowest BCUT2D eigenvalue weighted by molar-refractivity contribution is 0.103. The van der Waals surface area contributed by atoms with Crippen LogP contribution in [0.5, 0.6) is 5.75 Å². The second-order valence-corrected chi connectivity index (χ2v) is 9.91. The van der Waals surface area contributed by atoms with Gasteiger partial charge in [-0.25, -0.2) is 8.42 Å². The lowest BCUT2D eigenvalue weighted by atomic mass is 10.2. The number of halogens is 1. The van der Waals surface area contributed by atoms with E-state index in [-0.39, 0.29) is 18.3 Å². The Kier molecular flexibility index (Phi) is 6.39. The molecule has 5 nitrogen and oxygen atoms in total. The molecule has 0 bridgehead atoms. The van der Waals surface area contributed by atoms with Crippen molar-refractivity contribution in [3.8, 4) is 16.2 Å². The van der Waals surface area contributed by atoms with Crippen LogP contribution < -0.4 is 10.1 Å². The minimum Gasteiger partial charge on any atom is -0.492 e. The van der Waals surface area contributed by atoms with Crippen LogP contribution in [0.25, 0.3) is 10.4 Å². The zero-order valence-corrected chi connectivity index (χ0v) is 17.4. The van der Waals surface area contributed by atoms with Crippen LogP contribution >= 0.6 is 22.9 Å². The minimum absolute atomic E-state index is 0.0611. The molecular formula is C20H18ClNO4S2. The third-order valence-electron chi connectivity index (χ3n) is 3.77. The van der Waals surface area contributed by atoms with E-state index in [1.807, 2.05) is 30.3 Å². The first-order valence-corrected chi connectivity index (χ1v) is 11.6. The largest absolute Gasteiger partial charge is 0.492 e. The fourth-order valence-corrected chi connectivity index (χ4v) is 3.82. The Bertz CT molecular complexity index is 1080. The molecule has 3 aromatic rings. The van der Waals surface area contributed by atoms with Gasteiger partial charge in [-0.3, -0.25) is 4.79 Å². The Morgan fingerprint density at radius 2 is 1.86 bits per heavy atom. The van der Waals surface area contributed by atoms with Gasteiger partial charge in [-0.05, 0) is 42.0 Å². The topological polar surface area (TPSA) is 72.5 Å². The lowest BCUT2D eigenvalue weighted by Gasteiger charge is -2.08. The monoisotopic (exact) mass is 435 g/mol. The molecule has 0 aliphatic heterocycles.